The molecule has 2 aromatic rings. The van der Waals surface area contributed by atoms with Gasteiger partial charge in [-0.3, -0.25) is 4.90 Å². The number of hydrogen-bond donors (Lipinski definition) is 1. The van der Waals surface area contributed by atoms with Crippen molar-refractivity contribution < 1.29 is 28.8 Å². The number of aliphatic hydroxyl groups is 1. The van der Waals surface area contributed by atoms with Gasteiger partial charge in [0.15, 0.2) is 29.3 Å². The van der Waals surface area contributed by atoms with Crippen molar-refractivity contribution in [3.8, 4) is 23.0 Å². The van der Waals surface area contributed by atoms with Gasteiger partial charge >= 0.3 is 0 Å². The smallest absolute Gasteiger partial charge is 0.231 e. The fourth-order valence-electron chi connectivity index (χ4n) is 4.60. The van der Waals surface area contributed by atoms with Gasteiger partial charge in [0.2, 0.25) is 13.6 Å². The first kappa shape index (κ1) is 15.6. The topological polar surface area (TPSA) is 69.6 Å². The Bertz CT molecular complexity index is 945. The second-order valence-electron chi connectivity index (χ2n) is 7.29. The van der Waals surface area contributed by atoms with E-state index >= 15 is 0 Å². The standard InChI is InChI=1S/C20H19NO6/c1-21-5-4-10-6-14-15(25-8-24-14)7-12(10)17(21)18-11-2-3-13-19(26-9-23-13)16(11)20(22)27-18/h2-3,6-7,17-18,20,22H,4-5,8-9H2,1H3/t17-,18+,20?/m1/s1. The van der Waals surface area contributed by atoms with Gasteiger partial charge in [0.05, 0.1) is 11.6 Å². The highest BCUT2D eigenvalue weighted by Gasteiger charge is 2.44. The van der Waals surface area contributed by atoms with Crippen molar-refractivity contribution in [2.45, 2.75) is 24.9 Å². The Kier molecular flexibility index (Phi) is 3.18. The molecule has 0 bridgehead atoms. The Morgan fingerprint density at radius 1 is 0.963 bits per heavy atom. The van der Waals surface area contributed by atoms with E-state index in [2.05, 4.69) is 24.1 Å². The van der Waals surface area contributed by atoms with Gasteiger partial charge in [-0.15, -0.1) is 0 Å². The summed E-state index contributed by atoms with van der Waals surface area (Å²) in [5.41, 5.74) is 4.00. The molecule has 0 radical (unpaired) electrons. The number of ether oxygens (including phenoxy) is 5. The van der Waals surface area contributed by atoms with Crippen LogP contribution in [-0.4, -0.2) is 37.2 Å². The Labute approximate surface area is 156 Å². The maximum Gasteiger partial charge on any atom is 0.231 e. The molecule has 0 aliphatic carbocycles. The zero-order valence-corrected chi connectivity index (χ0v) is 14.8. The first-order valence-corrected chi connectivity index (χ1v) is 9.09. The molecule has 0 saturated heterocycles. The predicted octanol–water partition coefficient (Wildman–Crippen LogP) is 2.44. The summed E-state index contributed by atoms with van der Waals surface area (Å²) in [5.74, 6) is 2.80. The van der Waals surface area contributed by atoms with Crippen molar-refractivity contribution in [1.82, 2.24) is 4.90 Å². The van der Waals surface area contributed by atoms with Crippen molar-refractivity contribution in [3.05, 3.63) is 46.5 Å². The molecule has 1 unspecified atom stereocenters. The van der Waals surface area contributed by atoms with Gasteiger partial charge in [0, 0.05) is 6.54 Å². The van der Waals surface area contributed by atoms with Crippen LogP contribution in [-0.2, 0) is 11.2 Å². The van der Waals surface area contributed by atoms with Crippen molar-refractivity contribution >= 4 is 0 Å². The largest absolute Gasteiger partial charge is 0.454 e. The molecule has 0 saturated carbocycles. The van der Waals surface area contributed by atoms with E-state index < -0.39 is 6.29 Å². The second-order valence-corrected chi connectivity index (χ2v) is 7.29. The highest BCUT2D eigenvalue weighted by molar-refractivity contribution is 5.56. The lowest BCUT2D eigenvalue weighted by Gasteiger charge is -2.38. The van der Waals surface area contributed by atoms with Crippen LogP contribution in [0, 0.1) is 0 Å². The summed E-state index contributed by atoms with van der Waals surface area (Å²) in [5, 5.41) is 10.6. The lowest BCUT2D eigenvalue weighted by atomic mass is 9.86. The molecular formula is C20H19NO6. The van der Waals surface area contributed by atoms with Crippen LogP contribution in [0.25, 0.3) is 0 Å². The lowest BCUT2D eigenvalue weighted by molar-refractivity contribution is -0.142. The summed E-state index contributed by atoms with van der Waals surface area (Å²) >= 11 is 0. The highest BCUT2D eigenvalue weighted by atomic mass is 16.7. The fourth-order valence-corrected chi connectivity index (χ4v) is 4.60. The van der Waals surface area contributed by atoms with Gasteiger partial charge in [-0.25, -0.2) is 0 Å². The van der Waals surface area contributed by atoms with Crippen molar-refractivity contribution in [2.24, 2.45) is 0 Å². The maximum atomic E-state index is 10.6. The predicted molar refractivity (Wildman–Crippen MR) is 93.0 cm³/mol. The van der Waals surface area contributed by atoms with E-state index in [1.54, 1.807) is 0 Å². The summed E-state index contributed by atoms with van der Waals surface area (Å²) in [7, 11) is 2.08. The van der Waals surface area contributed by atoms with E-state index in [0.717, 1.165) is 35.6 Å². The minimum atomic E-state index is -1.03. The molecule has 2 aromatic carbocycles. The minimum absolute atomic E-state index is 0.0421. The Hall–Kier alpha value is -2.48. The maximum absolute atomic E-state index is 10.6. The molecule has 27 heavy (non-hydrogen) atoms. The third kappa shape index (κ3) is 2.13. The number of aliphatic hydroxyl groups excluding tert-OH is 1. The Balaban J connectivity index is 1.48. The molecule has 140 valence electrons. The molecule has 1 N–H and O–H groups in total. The zero-order valence-electron chi connectivity index (χ0n) is 14.8. The number of likely N-dealkylation sites (N-methyl/N-ethyl adjacent to an activating group) is 1. The van der Waals surface area contributed by atoms with Crippen LogP contribution in [0.1, 0.15) is 40.7 Å². The molecule has 0 fully saturated rings. The van der Waals surface area contributed by atoms with Gasteiger partial charge in [0.1, 0.15) is 6.10 Å². The molecule has 7 nitrogen and oxygen atoms in total. The zero-order chi connectivity index (χ0) is 18.1. The third-order valence-electron chi connectivity index (χ3n) is 5.89. The quantitative estimate of drug-likeness (QED) is 0.828. The van der Waals surface area contributed by atoms with Crippen molar-refractivity contribution in [2.75, 3.05) is 27.2 Å². The molecule has 7 heteroatoms. The second kappa shape index (κ2) is 5.51. The van der Waals surface area contributed by atoms with Gasteiger partial charge in [0.25, 0.3) is 0 Å². The van der Waals surface area contributed by atoms with E-state index in [1.807, 2.05) is 12.1 Å². The molecular weight excluding hydrogens is 350 g/mol. The highest BCUT2D eigenvalue weighted by Crippen LogP contribution is 2.54. The number of hydrogen-bond acceptors (Lipinski definition) is 7. The molecule has 4 heterocycles. The summed E-state index contributed by atoms with van der Waals surface area (Å²) in [6.07, 6.45) is -0.411. The fraction of sp³-hybridized carbons (Fsp3) is 0.400. The molecule has 6 rings (SSSR count). The molecule has 4 aliphatic rings. The lowest BCUT2D eigenvalue weighted by Crippen LogP contribution is -2.35. The van der Waals surface area contributed by atoms with Crippen molar-refractivity contribution in [3.63, 3.8) is 0 Å². The minimum Gasteiger partial charge on any atom is -0.454 e. The monoisotopic (exact) mass is 369 g/mol. The average molecular weight is 369 g/mol. The molecule has 0 spiro atoms. The Morgan fingerprint density at radius 2 is 1.74 bits per heavy atom. The molecule has 0 aromatic heterocycles. The molecule has 0 amide bonds. The van der Waals surface area contributed by atoms with Crippen LogP contribution in [0.15, 0.2) is 24.3 Å². The van der Waals surface area contributed by atoms with Gasteiger partial charge in [-0.2, -0.15) is 0 Å². The number of fused-ring (bicyclic) bond motifs is 5. The Morgan fingerprint density at radius 3 is 2.63 bits per heavy atom. The van der Waals surface area contributed by atoms with Gasteiger partial charge < -0.3 is 28.8 Å². The summed E-state index contributed by atoms with van der Waals surface area (Å²) in [6.45, 7) is 1.32. The van der Waals surface area contributed by atoms with Gasteiger partial charge in [-0.1, -0.05) is 6.07 Å². The van der Waals surface area contributed by atoms with Crippen molar-refractivity contribution in [1.29, 1.82) is 0 Å². The summed E-state index contributed by atoms with van der Waals surface area (Å²) in [4.78, 5) is 2.27. The van der Waals surface area contributed by atoms with Crippen LogP contribution >= 0.6 is 0 Å². The van der Waals surface area contributed by atoms with E-state index in [9.17, 15) is 5.11 Å². The number of rotatable bonds is 1. The first-order valence-electron chi connectivity index (χ1n) is 9.09. The SMILES string of the molecule is CN1CCc2cc3c(cc2[C@@H]1[C@H]1OC(O)c2c1ccc1c2OCO1)OCO3. The average Bonchev–Trinajstić information content (AvgIpc) is 3.38. The number of nitrogens with zero attached hydrogens (tertiary/aromatic N) is 1. The number of benzene rings is 2. The molecule has 3 atom stereocenters. The van der Waals surface area contributed by atoms with E-state index in [0.29, 0.717) is 17.1 Å². The van der Waals surface area contributed by atoms with E-state index in [4.69, 9.17) is 23.7 Å². The summed E-state index contributed by atoms with van der Waals surface area (Å²) < 4.78 is 28.2. The summed E-state index contributed by atoms with van der Waals surface area (Å²) in [6, 6.07) is 7.94. The van der Waals surface area contributed by atoms with Crippen LogP contribution in [0.2, 0.25) is 0 Å². The van der Waals surface area contributed by atoms with Crippen LogP contribution < -0.4 is 18.9 Å². The van der Waals surface area contributed by atoms with Crippen LogP contribution in [0.4, 0.5) is 0 Å². The van der Waals surface area contributed by atoms with E-state index in [-0.39, 0.29) is 25.7 Å². The first-order chi connectivity index (χ1) is 13.2. The van der Waals surface area contributed by atoms with Gasteiger partial charge in [-0.05, 0) is 48.4 Å². The van der Waals surface area contributed by atoms with Crippen LogP contribution in [0.5, 0.6) is 23.0 Å². The van der Waals surface area contributed by atoms with E-state index in [1.165, 1.54) is 5.56 Å². The normalized spacial score (nSPS) is 27.6. The van der Waals surface area contributed by atoms with Crippen LogP contribution in [0.3, 0.4) is 0 Å². The molecule has 4 aliphatic heterocycles. The third-order valence-corrected chi connectivity index (χ3v) is 5.89.